The minimum absolute atomic E-state index is 0.0967. The van der Waals surface area contributed by atoms with Gasteiger partial charge in [-0.2, -0.15) is 0 Å². The summed E-state index contributed by atoms with van der Waals surface area (Å²) in [7, 11) is 0. The van der Waals surface area contributed by atoms with Crippen molar-refractivity contribution in [2.75, 3.05) is 0 Å². The quantitative estimate of drug-likeness (QED) is 0.840. The van der Waals surface area contributed by atoms with Crippen LogP contribution in [-0.4, -0.2) is 22.0 Å². The minimum atomic E-state index is -0.901. The highest BCUT2D eigenvalue weighted by Gasteiger charge is 2.15. The molecule has 2 rings (SSSR count). The average molecular weight is 306 g/mol. The predicted molar refractivity (Wildman–Crippen MR) is 83.3 cm³/mol. The van der Waals surface area contributed by atoms with Crippen molar-refractivity contribution < 1.29 is 19.8 Å². The molecule has 1 aromatic carbocycles. The molecule has 0 saturated heterocycles. The first-order valence-electron chi connectivity index (χ1n) is 6.65. The number of ketones is 1. The van der Waals surface area contributed by atoms with E-state index in [1.165, 1.54) is 6.07 Å². The summed E-state index contributed by atoms with van der Waals surface area (Å²) in [5.41, 5.74) is 1.13. The Kier molecular flexibility index (Phi) is 6.11. The number of rotatable bonds is 4. The number of carboxylic acid groups (broad SMARTS) is 1. The summed E-state index contributed by atoms with van der Waals surface area (Å²) in [4.78, 5) is 23.4. The summed E-state index contributed by atoms with van der Waals surface area (Å²) in [5, 5.41) is 18.2. The van der Waals surface area contributed by atoms with E-state index in [4.69, 9.17) is 5.11 Å². The molecule has 1 aromatic heterocycles. The van der Waals surface area contributed by atoms with Gasteiger partial charge < -0.3 is 10.2 Å². The van der Waals surface area contributed by atoms with E-state index in [0.717, 1.165) is 11.3 Å². The van der Waals surface area contributed by atoms with Gasteiger partial charge in [0.2, 0.25) is 5.78 Å². The maximum absolute atomic E-state index is 12.1. The SMILES string of the molecule is CC.CC(C(=O)O)c1ccc(C(=O)c2ccc(O)s2)cc1. The monoisotopic (exact) mass is 306 g/mol. The van der Waals surface area contributed by atoms with E-state index in [1.807, 2.05) is 13.8 Å². The van der Waals surface area contributed by atoms with Crippen LogP contribution in [0.3, 0.4) is 0 Å². The van der Waals surface area contributed by atoms with Gasteiger partial charge in [-0.05, 0) is 24.6 Å². The standard InChI is InChI=1S/C14H12O4S.C2H6/c1-8(14(17)18)9-2-4-10(5-3-9)13(16)11-6-7-12(15)19-11;1-2/h2-8,15H,1H3,(H,17,18);1-2H3. The number of aromatic hydroxyl groups is 1. The van der Waals surface area contributed by atoms with Gasteiger partial charge in [0.25, 0.3) is 0 Å². The topological polar surface area (TPSA) is 74.6 Å². The van der Waals surface area contributed by atoms with Crippen LogP contribution in [0.2, 0.25) is 0 Å². The average Bonchev–Trinajstić information content (AvgIpc) is 2.94. The molecule has 0 radical (unpaired) electrons. The van der Waals surface area contributed by atoms with Crippen molar-refractivity contribution >= 4 is 23.1 Å². The number of aliphatic carboxylic acids is 1. The lowest BCUT2D eigenvalue weighted by atomic mass is 9.99. The van der Waals surface area contributed by atoms with Crippen LogP contribution < -0.4 is 0 Å². The molecule has 1 atom stereocenters. The van der Waals surface area contributed by atoms with Crippen molar-refractivity contribution in [1.29, 1.82) is 0 Å². The largest absolute Gasteiger partial charge is 0.499 e. The fourth-order valence-corrected chi connectivity index (χ4v) is 2.37. The van der Waals surface area contributed by atoms with Crippen LogP contribution in [0, 0.1) is 0 Å². The Morgan fingerprint density at radius 3 is 2.05 bits per heavy atom. The third kappa shape index (κ3) is 4.16. The third-order valence-corrected chi connectivity index (χ3v) is 3.75. The second-order valence-electron chi connectivity index (χ2n) is 4.15. The van der Waals surface area contributed by atoms with Gasteiger partial charge in [0.1, 0.15) is 0 Å². The van der Waals surface area contributed by atoms with Crippen molar-refractivity contribution in [2.45, 2.75) is 26.7 Å². The zero-order chi connectivity index (χ0) is 16.0. The fourth-order valence-electron chi connectivity index (χ4n) is 1.66. The Morgan fingerprint density at radius 2 is 1.62 bits per heavy atom. The molecule has 0 bridgehead atoms. The molecule has 2 N–H and O–H groups in total. The molecule has 21 heavy (non-hydrogen) atoms. The Bertz CT molecular complexity index is 613. The van der Waals surface area contributed by atoms with Gasteiger partial charge >= 0.3 is 5.97 Å². The first-order chi connectivity index (χ1) is 9.99. The highest BCUT2D eigenvalue weighted by atomic mass is 32.1. The molecule has 2 aromatic rings. The highest BCUT2D eigenvalue weighted by Crippen LogP contribution is 2.25. The summed E-state index contributed by atoms with van der Waals surface area (Å²) in [6.07, 6.45) is 0. The lowest BCUT2D eigenvalue weighted by Gasteiger charge is -2.06. The van der Waals surface area contributed by atoms with Gasteiger partial charge in [0.15, 0.2) is 5.06 Å². The molecule has 0 spiro atoms. The molecular formula is C16H18O4S. The van der Waals surface area contributed by atoms with Crippen LogP contribution in [0.15, 0.2) is 36.4 Å². The summed E-state index contributed by atoms with van der Waals surface area (Å²) in [5.74, 6) is -1.68. The van der Waals surface area contributed by atoms with E-state index >= 15 is 0 Å². The van der Waals surface area contributed by atoms with E-state index in [2.05, 4.69) is 0 Å². The minimum Gasteiger partial charge on any atom is -0.499 e. The maximum atomic E-state index is 12.1. The Hall–Kier alpha value is -2.14. The molecule has 5 heteroatoms. The van der Waals surface area contributed by atoms with Crippen molar-refractivity contribution in [3.05, 3.63) is 52.4 Å². The van der Waals surface area contributed by atoms with Crippen LogP contribution in [0.25, 0.3) is 0 Å². The summed E-state index contributed by atoms with van der Waals surface area (Å²) in [6.45, 7) is 5.59. The van der Waals surface area contributed by atoms with Crippen LogP contribution in [0.1, 0.15) is 47.5 Å². The lowest BCUT2D eigenvalue weighted by molar-refractivity contribution is -0.138. The molecule has 1 heterocycles. The summed E-state index contributed by atoms with van der Waals surface area (Å²) in [6, 6.07) is 9.52. The molecule has 112 valence electrons. The van der Waals surface area contributed by atoms with Gasteiger partial charge in [-0.3, -0.25) is 9.59 Å². The van der Waals surface area contributed by atoms with Gasteiger partial charge in [0.05, 0.1) is 10.8 Å². The molecule has 0 aliphatic heterocycles. The molecule has 0 fully saturated rings. The summed E-state index contributed by atoms with van der Waals surface area (Å²) >= 11 is 1.02. The van der Waals surface area contributed by atoms with Gasteiger partial charge in [-0.25, -0.2) is 0 Å². The van der Waals surface area contributed by atoms with Crippen LogP contribution in [-0.2, 0) is 4.79 Å². The Morgan fingerprint density at radius 1 is 1.05 bits per heavy atom. The summed E-state index contributed by atoms with van der Waals surface area (Å²) < 4.78 is 0. The number of hydrogen-bond donors (Lipinski definition) is 2. The van der Waals surface area contributed by atoms with Crippen molar-refractivity contribution in [3.8, 4) is 5.06 Å². The molecule has 0 aliphatic carbocycles. The van der Waals surface area contributed by atoms with Gasteiger partial charge in [-0.15, -0.1) is 0 Å². The first-order valence-corrected chi connectivity index (χ1v) is 7.47. The van der Waals surface area contributed by atoms with Gasteiger partial charge in [-0.1, -0.05) is 49.4 Å². The molecule has 1 unspecified atom stereocenters. The molecule has 4 nitrogen and oxygen atoms in total. The number of thiophene rings is 1. The normalized spacial score (nSPS) is 11.2. The van der Waals surface area contributed by atoms with Crippen LogP contribution >= 0.6 is 11.3 Å². The smallest absolute Gasteiger partial charge is 0.310 e. The second kappa shape index (κ2) is 7.59. The van der Waals surface area contributed by atoms with Crippen molar-refractivity contribution in [2.24, 2.45) is 0 Å². The van der Waals surface area contributed by atoms with E-state index < -0.39 is 11.9 Å². The number of carbonyl (C=O) groups excluding carboxylic acids is 1. The van der Waals surface area contributed by atoms with Crippen LogP contribution in [0.4, 0.5) is 0 Å². The first kappa shape index (κ1) is 16.9. The van der Waals surface area contributed by atoms with Gasteiger partial charge in [0, 0.05) is 5.56 Å². The third-order valence-electron chi connectivity index (χ3n) is 2.86. The number of benzene rings is 1. The lowest BCUT2D eigenvalue weighted by Crippen LogP contribution is -2.07. The Labute approximate surface area is 127 Å². The van der Waals surface area contributed by atoms with Crippen LogP contribution in [0.5, 0.6) is 5.06 Å². The number of carboxylic acids is 1. The van der Waals surface area contributed by atoms with E-state index in [1.54, 1.807) is 37.3 Å². The van der Waals surface area contributed by atoms with Crippen molar-refractivity contribution in [3.63, 3.8) is 0 Å². The zero-order valence-corrected chi connectivity index (χ0v) is 13.0. The van der Waals surface area contributed by atoms with E-state index in [9.17, 15) is 14.7 Å². The molecular weight excluding hydrogens is 288 g/mol. The van der Waals surface area contributed by atoms with E-state index in [0.29, 0.717) is 16.0 Å². The number of hydrogen-bond acceptors (Lipinski definition) is 4. The highest BCUT2D eigenvalue weighted by molar-refractivity contribution is 7.15. The molecule has 0 aliphatic rings. The predicted octanol–water partition coefficient (Wildman–Crippen LogP) is 3.90. The number of carbonyl (C=O) groups is 2. The van der Waals surface area contributed by atoms with Crippen molar-refractivity contribution in [1.82, 2.24) is 0 Å². The molecule has 0 amide bonds. The zero-order valence-electron chi connectivity index (χ0n) is 12.2. The van der Waals surface area contributed by atoms with E-state index in [-0.39, 0.29) is 10.8 Å². The maximum Gasteiger partial charge on any atom is 0.310 e. The fraction of sp³-hybridized carbons (Fsp3) is 0.250. The Balaban J connectivity index is 0.00000106. The molecule has 0 saturated carbocycles. The second-order valence-corrected chi connectivity index (χ2v) is 5.21.